The maximum atomic E-state index is 13.7. The molecule has 0 aliphatic carbocycles. The standard InChI is InChI=1S/C18H21FN4O3/c1-12-3-4-13(9-15(12)19)18(25)22-6-7-23-14(11-22)10-16(21-23)17(24)20-5-8-26-2/h3-4,9-10H,5-8,11H2,1-2H3,(H,20,24). The van der Waals surface area contributed by atoms with Gasteiger partial charge in [0.25, 0.3) is 11.8 Å². The Balaban J connectivity index is 1.70. The van der Waals surface area contributed by atoms with E-state index in [9.17, 15) is 14.0 Å². The quantitative estimate of drug-likeness (QED) is 0.817. The molecular weight excluding hydrogens is 339 g/mol. The van der Waals surface area contributed by atoms with Gasteiger partial charge in [-0.2, -0.15) is 5.10 Å². The highest BCUT2D eigenvalue weighted by Crippen LogP contribution is 2.18. The van der Waals surface area contributed by atoms with Gasteiger partial charge in [0.2, 0.25) is 0 Å². The number of fused-ring (bicyclic) bond motifs is 1. The Morgan fingerprint density at radius 3 is 2.85 bits per heavy atom. The summed E-state index contributed by atoms with van der Waals surface area (Å²) in [5, 5.41) is 7.01. The summed E-state index contributed by atoms with van der Waals surface area (Å²) in [6.45, 7) is 3.75. The number of benzene rings is 1. The van der Waals surface area contributed by atoms with Crippen LogP contribution in [0.5, 0.6) is 0 Å². The fourth-order valence-electron chi connectivity index (χ4n) is 2.82. The van der Waals surface area contributed by atoms with Crippen molar-refractivity contribution in [1.29, 1.82) is 0 Å². The molecule has 1 aromatic carbocycles. The number of carbonyl (C=O) groups is 2. The second kappa shape index (κ2) is 7.65. The summed E-state index contributed by atoms with van der Waals surface area (Å²) in [6.07, 6.45) is 0. The average Bonchev–Trinajstić information content (AvgIpc) is 3.07. The van der Waals surface area contributed by atoms with Gasteiger partial charge < -0.3 is 15.0 Å². The molecular formula is C18H21FN4O3. The average molecular weight is 360 g/mol. The van der Waals surface area contributed by atoms with Gasteiger partial charge in [0, 0.05) is 25.8 Å². The first-order valence-corrected chi connectivity index (χ1v) is 8.39. The highest BCUT2D eigenvalue weighted by molar-refractivity contribution is 5.94. The molecule has 26 heavy (non-hydrogen) atoms. The van der Waals surface area contributed by atoms with Gasteiger partial charge >= 0.3 is 0 Å². The number of aromatic nitrogens is 2. The molecule has 0 radical (unpaired) electrons. The molecule has 0 fully saturated rings. The van der Waals surface area contributed by atoms with Crippen LogP contribution in [-0.2, 0) is 17.8 Å². The Morgan fingerprint density at radius 2 is 2.12 bits per heavy atom. The Kier molecular flexibility index (Phi) is 5.32. The van der Waals surface area contributed by atoms with Gasteiger partial charge in [0.1, 0.15) is 5.82 Å². The zero-order valence-electron chi connectivity index (χ0n) is 14.8. The van der Waals surface area contributed by atoms with E-state index in [1.165, 1.54) is 6.07 Å². The largest absolute Gasteiger partial charge is 0.383 e. The lowest BCUT2D eigenvalue weighted by Crippen LogP contribution is -2.38. The molecule has 0 saturated carbocycles. The number of hydrogen-bond acceptors (Lipinski definition) is 4. The summed E-state index contributed by atoms with van der Waals surface area (Å²) in [4.78, 5) is 26.3. The minimum Gasteiger partial charge on any atom is -0.383 e. The van der Waals surface area contributed by atoms with Crippen LogP contribution in [0.25, 0.3) is 0 Å². The van der Waals surface area contributed by atoms with Crippen LogP contribution in [0, 0.1) is 12.7 Å². The zero-order valence-corrected chi connectivity index (χ0v) is 14.8. The molecule has 1 aliphatic heterocycles. The van der Waals surface area contributed by atoms with Gasteiger partial charge in [0.05, 0.1) is 25.4 Å². The van der Waals surface area contributed by atoms with E-state index in [1.807, 2.05) is 0 Å². The number of ether oxygens (including phenoxy) is 1. The van der Waals surface area contributed by atoms with Crippen molar-refractivity contribution in [2.45, 2.75) is 20.0 Å². The Labute approximate surface area is 150 Å². The first-order valence-electron chi connectivity index (χ1n) is 8.39. The zero-order chi connectivity index (χ0) is 18.7. The van der Waals surface area contributed by atoms with Crippen LogP contribution in [-0.4, -0.2) is 53.3 Å². The monoisotopic (exact) mass is 360 g/mol. The van der Waals surface area contributed by atoms with E-state index in [2.05, 4.69) is 10.4 Å². The van der Waals surface area contributed by atoms with Crippen LogP contribution in [0.3, 0.4) is 0 Å². The fraction of sp³-hybridized carbons (Fsp3) is 0.389. The first-order chi connectivity index (χ1) is 12.5. The van der Waals surface area contributed by atoms with Gasteiger partial charge in [-0.3, -0.25) is 14.3 Å². The van der Waals surface area contributed by atoms with Crippen LogP contribution in [0.15, 0.2) is 24.3 Å². The fourth-order valence-corrected chi connectivity index (χ4v) is 2.82. The second-order valence-corrected chi connectivity index (χ2v) is 6.18. The Hall–Kier alpha value is -2.74. The number of halogens is 1. The molecule has 2 amide bonds. The lowest BCUT2D eigenvalue weighted by atomic mass is 10.1. The highest BCUT2D eigenvalue weighted by Gasteiger charge is 2.25. The normalized spacial score (nSPS) is 13.4. The number of nitrogens with one attached hydrogen (secondary N) is 1. The molecule has 138 valence electrons. The second-order valence-electron chi connectivity index (χ2n) is 6.18. The molecule has 0 saturated heterocycles. The van der Waals surface area contributed by atoms with E-state index in [1.54, 1.807) is 41.8 Å². The van der Waals surface area contributed by atoms with Crippen LogP contribution in [0.1, 0.15) is 32.1 Å². The lowest BCUT2D eigenvalue weighted by Gasteiger charge is -2.27. The predicted octanol–water partition coefficient (Wildman–Crippen LogP) is 1.36. The van der Waals surface area contributed by atoms with Crippen molar-refractivity contribution in [1.82, 2.24) is 20.0 Å². The summed E-state index contributed by atoms with van der Waals surface area (Å²) < 4.78 is 20.4. The van der Waals surface area contributed by atoms with Crippen molar-refractivity contribution >= 4 is 11.8 Å². The van der Waals surface area contributed by atoms with Crippen LogP contribution >= 0.6 is 0 Å². The van der Waals surface area contributed by atoms with E-state index in [4.69, 9.17) is 4.74 Å². The third-order valence-corrected chi connectivity index (χ3v) is 4.33. The smallest absolute Gasteiger partial charge is 0.271 e. The molecule has 2 aromatic rings. The first kappa shape index (κ1) is 18.1. The molecule has 3 rings (SSSR count). The number of nitrogens with zero attached hydrogens (tertiary/aromatic N) is 3. The number of hydrogen-bond donors (Lipinski definition) is 1. The van der Waals surface area contributed by atoms with E-state index in [0.29, 0.717) is 49.6 Å². The number of methoxy groups -OCH3 is 1. The summed E-state index contributed by atoms with van der Waals surface area (Å²) in [6, 6.07) is 6.16. The Bertz CT molecular complexity index is 834. The summed E-state index contributed by atoms with van der Waals surface area (Å²) in [7, 11) is 1.56. The van der Waals surface area contributed by atoms with Gasteiger partial charge in [0.15, 0.2) is 5.69 Å². The number of amides is 2. The van der Waals surface area contributed by atoms with Gasteiger partial charge in [-0.05, 0) is 30.7 Å². The molecule has 7 nitrogen and oxygen atoms in total. The predicted molar refractivity (Wildman–Crippen MR) is 92.3 cm³/mol. The Morgan fingerprint density at radius 1 is 1.31 bits per heavy atom. The van der Waals surface area contributed by atoms with Crippen molar-refractivity contribution in [2.75, 3.05) is 26.8 Å². The molecule has 1 N–H and O–H groups in total. The van der Waals surface area contributed by atoms with Crippen molar-refractivity contribution in [2.24, 2.45) is 0 Å². The van der Waals surface area contributed by atoms with E-state index in [0.717, 1.165) is 5.69 Å². The molecule has 0 spiro atoms. The maximum Gasteiger partial charge on any atom is 0.271 e. The molecule has 8 heteroatoms. The summed E-state index contributed by atoms with van der Waals surface area (Å²) in [5.41, 5.74) is 1.90. The van der Waals surface area contributed by atoms with Crippen molar-refractivity contribution in [3.63, 3.8) is 0 Å². The molecule has 2 heterocycles. The van der Waals surface area contributed by atoms with E-state index in [-0.39, 0.29) is 11.8 Å². The molecule has 1 aliphatic rings. The van der Waals surface area contributed by atoms with Crippen LogP contribution < -0.4 is 5.32 Å². The number of carbonyl (C=O) groups excluding carboxylic acids is 2. The van der Waals surface area contributed by atoms with Gasteiger partial charge in [-0.25, -0.2) is 4.39 Å². The van der Waals surface area contributed by atoms with Crippen molar-refractivity contribution < 1.29 is 18.7 Å². The lowest BCUT2D eigenvalue weighted by molar-refractivity contribution is 0.0705. The number of rotatable bonds is 5. The highest BCUT2D eigenvalue weighted by atomic mass is 19.1. The SMILES string of the molecule is COCCNC(=O)c1cc2n(n1)CCN(C(=O)c1ccc(C)c(F)c1)C2. The van der Waals surface area contributed by atoms with E-state index >= 15 is 0 Å². The molecule has 0 atom stereocenters. The topological polar surface area (TPSA) is 76.5 Å². The van der Waals surface area contributed by atoms with Crippen molar-refractivity contribution in [3.8, 4) is 0 Å². The molecule has 0 bridgehead atoms. The third-order valence-electron chi connectivity index (χ3n) is 4.33. The van der Waals surface area contributed by atoms with Gasteiger partial charge in [-0.15, -0.1) is 0 Å². The maximum absolute atomic E-state index is 13.7. The van der Waals surface area contributed by atoms with Crippen LogP contribution in [0.2, 0.25) is 0 Å². The third kappa shape index (κ3) is 3.75. The summed E-state index contributed by atoms with van der Waals surface area (Å²) in [5.74, 6) is -0.905. The molecule has 0 unspecified atom stereocenters. The van der Waals surface area contributed by atoms with Crippen molar-refractivity contribution in [3.05, 3.63) is 52.6 Å². The van der Waals surface area contributed by atoms with Crippen LogP contribution in [0.4, 0.5) is 4.39 Å². The molecule has 1 aromatic heterocycles. The van der Waals surface area contributed by atoms with Gasteiger partial charge in [-0.1, -0.05) is 6.07 Å². The minimum absolute atomic E-state index is 0.234. The van der Waals surface area contributed by atoms with E-state index < -0.39 is 5.82 Å². The number of aryl methyl sites for hydroxylation is 1. The minimum atomic E-state index is -0.395. The summed E-state index contributed by atoms with van der Waals surface area (Å²) >= 11 is 0.